The Labute approximate surface area is 106 Å². The minimum atomic E-state index is -4.35. The maximum Gasteiger partial charge on any atom is 0.416 e. The van der Waals surface area contributed by atoms with Crippen LogP contribution in [0.3, 0.4) is 0 Å². The zero-order valence-corrected chi connectivity index (χ0v) is 11.2. The van der Waals surface area contributed by atoms with E-state index in [0.29, 0.717) is 12.2 Å². The molecule has 0 saturated heterocycles. The first kappa shape index (κ1) is 14.9. The number of halogens is 3. The Balaban J connectivity index is 3.22. The minimum Gasteiger partial charge on any atom is -0.494 e. The normalized spacial score (nSPS) is 12.6. The van der Waals surface area contributed by atoms with Gasteiger partial charge in [0.15, 0.2) is 0 Å². The highest BCUT2D eigenvalue weighted by Gasteiger charge is 2.36. The molecule has 0 fully saturated rings. The van der Waals surface area contributed by atoms with Gasteiger partial charge in [-0.05, 0) is 29.5 Å². The lowest BCUT2D eigenvalue weighted by molar-refractivity contribution is -0.138. The molecule has 0 aromatic heterocycles. The molecular weight excluding hydrogens is 241 g/mol. The maximum atomic E-state index is 13.0. The van der Waals surface area contributed by atoms with E-state index >= 15 is 0 Å². The van der Waals surface area contributed by atoms with Crippen molar-refractivity contribution in [2.75, 3.05) is 6.61 Å². The summed E-state index contributed by atoms with van der Waals surface area (Å²) in [4.78, 5) is 0. The standard InChI is InChI=1S/C14H19F3O/c1-5-8-18-10-6-7-11(13(2,3)4)12(9-10)14(15,16)17/h6-7,9H,5,8H2,1-4H3. The molecule has 102 valence electrons. The summed E-state index contributed by atoms with van der Waals surface area (Å²) in [6, 6.07) is 4.20. The number of ether oxygens (including phenoxy) is 1. The van der Waals surface area contributed by atoms with E-state index in [-0.39, 0.29) is 5.75 Å². The average Bonchev–Trinajstić information content (AvgIpc) is 2.23. The van der Waals surface area contributed by atoms with Crippen molar-refractivity contribution in [3.8, 4) is 5.75 Å². The van der Waals surface area contributed by atoms with Gasteiger partial charge in [-0.1, -0.05) is 33.8 Å². The van der Waals surface area contributed by atoms with Gasteiger partial charge in [-0.25, -0.2) is 0 Å². The SMILES string of the molecule is CCCOc1ccc(C(C)(C)C)c(C(F)(F)F)c1. The van der Waals surface area contributed by atoms with Gasteiger partial charge in [0, 0.05) is 0 Å². The summed E-state index contributed by atoms with van der Waals surface area (Å²) in [7, 11) is 0. The van der Waals surface area contributed by atoms with E-state index in [9.17, 15) is 13.2 Å². The van der Waals surface area contributed by atoms with Crippen LogP contribution in [0.4, 0.5) is 13.2 Å². The molecule has 18 heavy (non-hydrogen) atoms. The van der Waals surface area contributed by atoms with Crippen LogP contribution < -0.4 is 4.74 Å². The Morgan fingerprint density at radius 1 is 1.06 bits per heavy atom. The molecule has 0 spiro atoms. The van der Waals surface area contributed by atoms with Crippen LogP contribution >= 0.6 is 0 Å². The lowest BCUT2D eigenvalue weighted by Crippen LogP contribution is -2.19. The number of hydrogen-bond acceptors (Lipinski definition) is 1. The van der Waals surface area contributed by atoms with Gasteiger partial charge in [0.2, 0.25) is 0 Å². The lowest BCUT2D eigenvalue weighted by Gasteiger charge is -2.24. The largest absolute Gasteiger partial charge is 0.494 e. The van der Waals surface area contributed by atoms with Gasteiger partial charge in [-0.3, -0.25) is 0 Å². The fraction of sp³-hybridized carbons (Fsp3) is 0.571. The Morgan fingerprint density at radius 2 is 1.67 bits per heavy atom. The van der Waals surface area contributed by atoms with Crippen molar-refractivity contribution < 1.29 is 17.9 Å². The van der Waals surface area contributed by atoms with Crippen LogP contribution in [0, 0.1) is 0 Å². The highest BCUT2D eigenvalue weighted by atomic mass is 19.4. The Morgan fingerprint density at radius 3 is 2.11 bits per heavy atom. The van der Waals surface area contributed by atoms with Crippen molar-refractivity contribution >= 4 is 0 Å². The van der Waals surface area contributed by atoms with Crippen molar-refractivity contribution in [3.63, 3.8) is 0 Å². The molecule has 0 aliphatic heterocycles. The van der Waals surface area contributed by atoms with Crippen LogP contribution in [0.5, 0.6) is 5.75 Å². The van der Waals surface area contributed by atoms with Crippen LogP contribution in [0.15, 0.2) is 18.2 Å². The highest BCUT2D eigenvalue weighted by molar-refractivity contribution is 5.41. The number of alkyl halides is 3. The Kier molecular flexibility index (Phi) is 4.30. The van der Waals surface area contributed by atoms with E-state index in [4.69, 9.17) is 4.74 Å². The molecule has 0 saturated carbocycles. The lowest BCUT2D eigenvalue weighted by atomic mass is 9.83. The van der Waals surface area contributed by atoms with Crippen LogP contribution in [0.2, 0.25) is 0 Å². The predicted molar refractivity (Wildman–Crippen MR) is 65.9 cm³/mol. The van der Waals surface area contributed by atoms with E-state index in [1.54, 1.807) is 26.8 Å². The maximum absolute atomic E-state index is 13.0. The van der Waals surface area contributed by atoms with Crippen molar-refractivity contribution in [3.05, 3.63) is 29.3 Å². The molecule has 1 nitrogen and oxygen atoms in total. The first-order valence-electron chi connectivity index (χ1n) is 6.00. The van der Waals surface area contributed by atoms with Gasteiger partial charge in [0.1, 0.15) is 5.75 Å². The zero-order chi connectivity index (χ0) is 14.0. The van der Waals surface area contributed by atoms with Crippen molar-refractivity contribution in [2.24, 2.45) is 0 Å². The molecule has 0 aliphatic rings. The quantitative estimate of drug-likeness (QED) is 0.759. The van der Waals surface area contributed by atoms with E-state index < -0.39 is 17.2 Å². The fourth-order valence-electron chi connectivity index (χ4n) is 1.72. The van der Waals surface area contributed by atoms with Gasteiger partial charge >= 0.3 is 6.18 Å². The average molecular weight is 260 g/mol. The van der Waals surface area contributed by atoms with Crippen LogP contribution in [0.25, 0.3) is 0 Å². The first-order chi connectivity index (χ1) is 8.16. The van der Waals surface area contributed by atoms with E-state index in [0.717, 1.165) is 12.5 Å². The van der Waals surface area contributed by atoms with Gasteiger partial charge in [-0.15, -0.1) is 0 Å². The number of benzene rings is 1. The van der Waals surface area contributed by atoms with E-state index in [1.165, 1.54) is 6.07 Å². The molecule has 1 rings (SSSR count). The van der Waals surface area contributed by atoms with E-state index in [1.807, 2.05) is 6.92 Å². The third-order valence-corrected chi connectivity index (χ3v) is 2.58. The summed E-state index contributed by atoms with van der Waals surface area (Å²) in [5.74, 6) is 0.275. The summed E-state index contributed by atoms with van der Waals surface area (Å²) in [5.41, 5.74) is -0.865. The second kappa shape index (κ2) is 5.21. The zero-order valence-electron chi connectivity index (χ0n) is 11.2. The summed E-state index contributed by atoms with van der Waals surface area (Å²) < 4.78 is 44.3. The molecule has 1 aromatic carbocycles. The molecule has 0 aliphatic carbocycles. The Hall–Kier alpha value is -1.19. The van der Waals surface area contributed by atoms with Crippen LogP contribution in [-0.4, -0.2) is 6.61 Å². The highest BCUT2D eigenvalue weighted by Crippen LogP contribution is 2.39. The summed E-state index contributed by atoms with van der Waals surface area (Å²) >= 11 is 0. The first-order valence-corrected chi connectivity index (χ1v) is 6.00. The molecule has 0 heterocycles. The van der Waals surface area contributed by atoms with Crippen molar-refractivity contribution in [1.29, 1.82) is 0 Å². The summed E-state index contributed by atoms with van der Waals surface area (Å²) in [6.07, 6.45) is -3.59. The van der Waals surface area contributed by atoms with E-state index in [2.05, 4.69) is 0 Å². The third kappa shape index (κ3) is 3.65. The van der Waals surface area contributed by atoms with Gasteiger partial charge in [0.05, 0.1) is 12.2 Å². The topological polar surface area (TPSA) is 9.23 Å². The monoisotopic (exact) mass is 260 g/mol. The molecule has 0 radical (unpaired) electrons. The van der Waals surface area contributed by atoms with Crippen LogP contribution in [0.1, 0.15) is 45.2 Å². The molecule has 4 heteroatoms. The van der Waals surface area contributed by atoms with Crippen molar-refractivity contribution in [2.45, 2.75) is 45.7 Å². The molecule has 0 amide bonds. The number of rotatable bonds is 3. The molecule has 0 atom stereocenters. The smallest absolute Gasteiger partial charge is 0.416 e. The number of hydrogen-bond donors (Lipinski definition) is 0. The minimum absolute atomic E-state index is 0.275. The fourth-order valence-corrected chi connectivity index (χ4v) is 1.72. The summed E-state index contributed by atoms with van der Waals surface area (Å²) in [6.45, 7) is 7.64. The molecule has 0 unspecified atom stereocenters. The molecular formula is C14H19F3O. The van der Waals surface area contributed by atoms with Crippen LogP contribution in [-0.2, 0) is 11.6 Å². The predicted octanol–water partition coefficient (Wildman–Crippen LogP) is 4.79. The second-order valence-electron chi connectivity index (χ2n) is 5.30. The van der Waals surface area contributed by atoms with Gasteiger partial charge < -0.3 is 4.74 Å². The third-order valence-electron chi connectivity index (χ3n) is 2.58. The second-order valence-corrected chi connectivity index (χ2v) is 5.30. The summed E-state index contributed by atoms with van der Waals surface area (Å²) in [5, 5.41) is 0. The molecule has 1 aromatic rings. The Bertz CT molecular complexity index is 402. The molecule has 0 bridgehead atoms. The van der Waals surface area contributed by atoms with Gasteiger partial charge in [-0.2, -0.15) is 13.2 Å². The molecule has 0 N–H and O–H groups in total. The van der Waals surface area contributed by atoms with Crippen molar-refractivity contribution in [1.82, 2.24) is 0 Å². The van der Waals surface area contributed by atoms with Gasteiger partial charge in [0.25, 0.3) is 0 Å².